The van der Waals surface area contributed by atoms with Gasteiger partial charge >= 0.3 is 0 Å². The Morgan fingerprint density at radius 2 is 1.81 bits per heavy atom. The minimum absolute atomic E-state index is 0.119. The maximum absolute atomic E-state index is 12.9. The molecule has 3 aromatic rings. The summed E-state index contributed by atoms with van der Waals surface area (Å²) in [5, 5.41) is 3.96. The van der Waals surface area contributed by atoms with Crippen LogP contribution in [0, 0.1) is 5.92 Å². The number of amides is 1. The van der Waals surface area contributed by atoms with Gasteiger partial charge in [-0.3, -0.25) is 9.59 Å². The van der Waals surface area contributed by atoms with Crippen molar-refractivity contribution in [2.24, 2.45) is 5.92 Å². The summed E-state index contributed by atoms with van der Waals surface area (Å²) in [6.45, 7) is 1.94. The van der Waals surface area contributed by atoms with Gasteiger partial charge in [-0.05, 0) is 50.1 Å². The maximum Gasteiger partial charge on any atom is 0.243 e. The summed E-state index contributed by atoms with van der Waals surface area (Å²) >= 11 is 7.35. The number of thiazole rings is 1. The molecular weight excluding hydrogens is 458 g/mol. The van der Waals surface area contributed by atoms with E-state index in [-0.39, 0.29) is 35.6 Å². The fourth-order valence-corrected chi connectivity index (χ4v) is 6.14. The number of Topliss-reactive ketones (excluding diaryl/α,β-unsaturated/α-hetero) is 1. The van der Waals surface area contributed by atoms with Crippen LogP contribution in [0.15, 0.2) is 47.4 Å². The molecule has 2 aromatic carbocycles. The van der Waals surface area contributed by atoms with Crippen molar-refractivity contribution in [2.45, 2.75) is 24.7 Å². The highest BCUT2D eigenvalue weighted by molar-refractivity contribution is 7.89. The predicted octanol–water partition coefficient (Wildman–Crippen LogP) is 4.19. The van der Waals surface area contributed by atoms with Gasteiger partial charge in [-0.25, -0.2) is 13.4 Å². The first-order valence-corrected chi connectivity index (χ1v) is 12.4. The predicted molar refractivity (Wildman–Crippen MR) is 121 cm³/mol. The largest absolute Gasteiger partial charge is 0.302 e. The summed E-state index contributed by atoms with van der Waals surface area (Å²) in [7, 11) is -3.67. The van der Waals surface area contributed by atoms with E-state index >= 15 is 0 Å². The molecule has 0 saturated carbocycles. The normalized spacial score (nSPS) is 15.8. The van der Waals surface area contributed by atoms with Gasteiger partial charge in [0.2, 0.25) is 15.9 Å². The number of hydrogen-bond donors (Lipinski definition) is 1. The summed E-state index contributed by atoms with van der Waals surface area (Å²) in [4.78, 5) is 28.6. The van der Waals surface area contributed by atoms with Crippen molar-refractivity contribution in [3.8, 4) is 0 Å². The van der Waals surface area contributed by atoms with Crippen molar-refractivity contribution in [1.29, 1.82) is 0 Å². The molecule has 10 heteroatoms. The van der Waals surface area contributed by atoms with Crippen LogP contribution in [-0.2, 0) is 14.8 Å². The molecule has 0 atom stereocenters. The van der Waals surface area contributed by atoms with E-state index < -0.39 is 10.0 Å². The van der Waals surface area contributed by atoms with E-state index in [1.54, 1.807) is 18.2 Å². The van der Waals surface area contributed by atoms with Crippen LogP contribution < -0.4 is 5.32 Å². The third-order valence-electron chi connectivity index (χ3n) is 5.30. The van der Waals surface area contributed by atoms with Crippen molar-refractivity contribution in [1.82, 2.24) is 9.29 Å². The van der Waals surface area contributed by atoms with Crippen molar-refractivity contribution in [2.75, 3.05) is 18.4 Å². The van der Waals surface area contributed by atoms with Crippen LogP contribution in [0.1, 0.15) is 30.1 Å². The second kappa shape index (κ2) is 8.66. The van der Waals surface area contributed by atoms with Gasteiger partial charge in [-0.2, -0.15) is 4.31 Å². The van der Waals surface area contributed by atoms with E-state index in [9.17, 15) is 18.0 Å². The molecule has 162 valence electrons. The third kappa shape index (κ3) is 4.64. The second-order valence-corrected chi connectivity index (χ2v) is 10.8. The molecule has 0 bridgehead atoms. The molecule has 1 saturated heterocycles. The van der Waals surface area contributed by atoms with Crippen molar-refractivity contribution >= 4 is 60.0 Å². The maximum atomic E-state index is 12.9. The van der Waals surface area contributed by atoms with Gasteiger partial charge in [0.1, 0.15) is 0 Å². The van der Waals surface area contributed by atoms with Crippen LogP contribution in [0.4, 0.5) is 5.13 Å². The summed E-state index contributed by atoms with van der Waals surface area (Å²) in [6, 6.07) is 11.3. The Labute approximate surface area is 189 Å². The molecule has 0 spiro atoms. The van der Waals surface area contributed by atoms with Gasteiger partial charge in [0, 0.05) is 29.6 Å². The Kier molecular flexibility index (Phi) is 6.11. The van der Waals surface area contributed by atoms with Gasteiger partial charge in [-0.15, -0.1) is 0 Å². The molecule has 4 rings (SSSR count). The van der Waals surface area contributed by atoms with Crippen molar-refractivity contribution in [3.05, 3.63) is 53.1 Å². The zero-order valence-electron chi connectivity index (χ0n) is 16.7. The monoisotopic (exact) mass is 477 g/mol. The van der Waals surface area contributed by atoms with E-state index in [0.717, 1.165) is 10.2 Å². The van der Waals surface area contributed by atoms with Gasteiger partial charge in [0.25, 0.3) is 0 Å². The van der Waals surface area contributed by atoms with Crippen molar-refractivity contribution < 1.29 is 18.0 Å². The van der Waals surface area contributed by atoms with Crippen LogP contribution in [0.2, 0.25) is 5.02 Å². The zero-order valence-corrected chi connectivity index (χ0v) is 19.1. The number of hydrogen-bond acceptors (Lipinski definition) is 6. The average molecular weight is 478 g/mol. The SMILES string of the molecule is CC(=O)c1ccc(S(=O)(=O)N2CCC(C(=O)Nc3nc4ccc(Cl)cc4s3)CC2)cc1. The molecule has 1 aliphatic heterocycles. The number of carbonyl (C=O) groups excluding carboxylic acids is 2. The van der Waals surface area contributed by atoms with Crippen LogP contribution in [0.25, 0.3) is 10.2 Å². The van der Waals surface area contributed by atoms with E-state index in [1.807, 2.05) is 0 Å². The summed E-state index contributed by atoms with van der Waals surface area (Å²) in [5.74, 6) is -0.567. The molecule has 2 heterocycles. The Morgan fingerprint density at radius 1 is 1.13 bits per heavy atom. The van der Waals surface area contributed by atoms with Gasteiger partial charge < -0.3 is 5.32 Å². The van der Waals surface area contributed by atoms with E-state index in [2.05, 4.69) is 10.3 Å². The number of aromatic nitrogens is 1. The standard InChI is InChI=1S/C21H20ClN3O4S2/c1-13(26)14-2-5-17(6-3-14)31(28,29)25-10-8-15(9-11-25)20(27)24-21-23-18-7-4-16(22)12-19(18)30-21/h2-7,12,15H,8-11H2,1H3,(H,23,24,27). The minimum atomic E-state index is -3.67. The molecule has 1 aliphatic rings. The van der Waals surface area contributed by atoms with Crippen molar-refractivity contribution in [3.63, 3.8) is 0 Å². The van der Waals surface area contributed by atoms with Crippen LogP contribution in [-0.4, -0.2) is 42.5 Å². The molecule has 1 fully saturated rings. The summed E-state index contributed by atoms with van der Waals surface area (Å²) in [5.41, 5.74) is 1.23. The van der Waals surface area contributed by atoms with Gasteiger partial charge in [0.05, 0.1) is 15.1 Å². The molecule has 1 amide bonds. The number of ketones is 1. The molecule has 31 heavy (non-hydrogen) atoms. The number of piperidine rings is 1. The molecule has 7 nitrogen and oxygen atoms in total. The van der Waals surface area contributed by atoms with Gasteiger partial charge in [-0.1, -0.05) is 35.1 Å². The Bertz CT molecular complexity index is 1250. The number of nitrogens with one attached hydrogen (secondary N) is 1. The van der Waals surface area contributed by atoms with Crippen LogP contribution >= 0.6 is 22.9 Å². The Hall–Kier alpha value is -2.33. The number of sulfonamides is 1. The number of anilines is 1. The molecular formula is C21H20ClN3O4S2. The van der Waals surface area contributed by atoms with E-state index in [4.69, 9.17) is 11.6 Å². The Morgan fingerprint density at radius 3 is 2.45 bits per heavy atom. The minimum Gasteiger partial charge on any atom is -0.302 e. The summed E-state index contributed by atoms with van der Waals surface area (Å²) < 4.78 is 28.0. The second-order valence-electron chi connectivity index (χ2n) is 7.38. The number of fused-ring (bicyclic) bond motifs is 1. The zero-order chi connectivity index (χ0) is 22.2. The lowest BCUT2D eigenvalue weighted by Gasteiger charge is -2.30. The number of benzene rings is 2. The first-order chi connectivity index (χ1) is 14.7. The molecule has 0 radical (unpaired) electrons. The number of carbonyl (C=O) groups is 2. The molecule has 0 aliphatic carbocycles. The number of halogens is 1. The van der Waals surface area contributed by atoms with Crippen LogP contribution in [0.3, 0.4) is 0 Å². The third-order valence-corrected chi connectivity index (χ3v) is 8.39. The molecule has 1 N–H and O–H groups in total. The smallest absolute Gasteiger partial charge is 0.243 e. The quantitative estimate of drug-likeness (QED) is 0.556. The van der Waals surface area contributed by atoms with E-state index in [0.29, 0.717) is 28.6 Å². The first kappa shape index (κ1) is 21.9. The van der Waals surface area contributed by atoms with E-state index in [1.165, 1.54) is 46.8 Å². The average Bonchev–Trinajstić information content (AvgIpc) is 3.15. The Balaban J connectivity index is 1.39. The lowest BCUT2D eigenvalue weighted by Crippen LogP contribution is -2.41. The highest BCUT2D eigenvalue weighted by Crippen LogP contribution is 2.30. The topological polar surface area (TPSA) is 96.4 Å². The highest BCUT2D eigenvalue weighted by atomic mass is 35.5. The first-order valence-electron chi connectivity index (χ1n) is 9.72. The lowest BCUT2D eigenvalue weighted by molar-refractivity contribution is -0.120. The lowest BCUT2D eigenvalue weighted by atomic mass is 9.97. The summed E-state index contributed by atoms with van der Waals surface area (Å²) in [6.07, 6.45) is 0.848. The molecule has 1 aromatic heterocycles. The fraction of sp³-hybridized carbons (Fsp3) is 0.286. The van der Waals surface area contributed by atoms with Gasteiger partial charge in [0.15, 0.2) is 10.9 Å². The number of nitrogens with zero attached hydrogens (tertiary/aromatic N) is 2. The van der Waals surface area contributed by atoms with Crippen LogP contribution in [0.5, 0.6) is 0 Å². The highest BCUT2D eigenvalue weighted by Gasteiger charge is 2.32. The number of rotatable bonds is 5. The molecule has 0 unspecified atom stereocenters. The fourth-order valence-electron chi connectivity index (χ4n) is 3.53.